The van der Waals surface area contributed by atoms with Gasteiger partial charge in [0.2, 0.25) is 5.95 Å². The molecular weight excluding hydrogens is 452 g/mol. The minimum atomic E-state index is -0.364. The molecular formula is C26H27ClN4O3. The molecule has 3 aromatic rings. The Bertz CT molecular complexity index is 1190. The summed E-state index contributed by atoms with van der Waals surface area (Å²) < 4.78 is 10.5. The molecule has 0 aliphatic carbocycles. The Labute approximate surface area is 204 Å². The molecule has 0 saturated carbocycles. The second-order valence-electron chi connectivity index (χ2n) is 7.83. The van der Waals surface area contributed by atoms with Crippen LogP contribution in [-0.2, 0) is 14.3 Å². The first-order chi connectivity index (χ1) is 16.5. The highest BCUT2D eigenvalue weighted by atomic mass is 35.5. The fourth-order valence-corrected chi connectivity index (χ4v) is 3.80. The van der Waals surface area contributed by atoms with Crippen LogP contribution in [-0.4, -0.2) is 48.8 Å². The molecule has 2 heterocycles. The average molecular weight is 479 g/mol. The van der Waals surface area contributed by atoms with Gasteiger partial charge < -0.3 is 19.7 Å². The fourth-order valence-electron chi connectivity index (χ4n) is 3.62. The first-order valence-electron chi connectivity index (χ1n) is 11.2. The van der Waals surface area contributed by atoms with Crippen molar-refractivity contribution in [3.63, 3.8) is 0 Å². The third-order valence-electron chi connectivity index (χ3n) is 5.40. The smallest absolute Gasteiger partial charge is 0.330 e. The number of morpholine rings is 1. The van der Waals surface area contributed by atoms with Gasteiger partial charge in [-0.25, -0.2) is 9.78 Å². The molecule has 0 unspecified atom stereocenters. The normalized spacial score (nSPS) is 13.8. The monoisotopic (exact) mass is 478 g/mol. The van der Waals surface area contributed by atoms with Gasteiger partial charge in [-0.05, 0) is 54.8 Å². The number of esters is 1. The number of nitrogens with zero attached hydrogens (tertiary/aromatic N) is 3. The minimum Gasteiger partial charge on any atom is -0.463 e. The summed E-state index contributed by atoms with van der Waals surface area (Å²) in [7, 11) is 0. The highest BCUT2D eigenvalue weighted by Gasteiger charge is 2.19. The van der Waals surface area contributed by atoms with E-state index in [9.17, 15) is 4.79 Å². The number of ether oxygens (including phenoxy) is 2. The Balaban J connectivity index is 1.67. The molecule has 0 atom stereocenters. The Morgan fingerprint density at radius 3 is 2.82 bits per heavy atom. The number of carbonyl (C=O) groups excluding carboxylic acids is 1. The van der Waals surface area contributed by atoms with E-state index in [-0.39, 0.29) is 5.97 Å². The molecule has 34 heavy (non-hydrogen) atoms. The highest BCUT2D eigenvalue weighted by molar-refractivity contribution is 6.31. The summed E-state index contributed by atoms with van der Waals surface area (Å²) in [4.78, 5) is 23.3. The van der Waals surface area contributed by atoms with E-state index < -0.39 is 0 Å². The van der Waals surface area contributed by atoms with Gasteiger partial charge in [0.05, 0.1) is 19.8 Å². The molecule has 176 valence electrons. The number of carbonyl (C=O) groups is 1. The van der Waals surface area contributed by atoms with Crippen LogP contribution in [0.5, 0.6) is 0 Å². The molecule has 0 amide bonds. The molecule has 2 aromatic carbocycles. The number of aromatic nitrogens is 2. The van der Waals surface area contributed by atoms with Crippen LogP contribution in [0.3, 0.4) is 0 Å². The van der Waals surface area contributed by atoms with Gasteiger partial charge in [-0.1, -0.05) is 35.9 Å². The lowest BCUT2D eigenvalue weighted by molar-refractivity contribution is -0.137. The summed E-state index contributed by atoms with van der Waals surface area (Å²) in [5.41, 5.74) is 4.57. The Hall–Kier alpha value is -3.42. The van der Waals surface area contributed by atoms with Crippen LogP contribution in [0.1, 0.15) is 18.1 Å². The maximum Gasteiger partial charge on any atom is 0.330 e. The van der Waals surface area contributed by atoms with Crippen molar-refractivity contribution in [2.75, 3.05) is 43.1 Å². The lowest BCUT2D eigenvalue weighted by atomic mass is 10.0. The Morgan fingerprint density at radius 2 is 2.06 bits per heavy atom. The first-order valence-corrected chi connectivity index (χ1v) is 11.6. The summed E-state index contributed by atoms with van der Waals surface area (Å²) >= 11 is 6.28. The molecule has 1 aliphatic heterocycles. The number of halogens is 1. The number of anilines is 3. The van der Waals surface area contributed by atoms with Crippen LogP contribution in [0.25, 0.3) is 17.2 Å². The number of hydrogen-bond donors (Lipinski definition) is 1. The molecule has 8 heteroatoms. The minimum absolute atomic E-state index is 0.346. The van der Waals surface area contributed by atoms with Gasteiger partial charge in [0, 0.05) is 41.6 Å². The third kappa shape index (κ3) is 5.92. The number of hydrogen-bond acceptors (Lipinski definition) is 7. The molecule has 0 radical (unpaired) electrons. The number of aryl methyl sites for hydroxylation is 1. The van der Waals surface area contributed by atoms with E-state index in [1.165, 1.54) is 6.08 Å². The van der Waals surface area contributed by atoms with Crippen LogP contribution < -0.4 is 10.2 Å². The highest BCUT2D eigenvalue weighted by Crippen LogP contribution is 2.32. The second-order valence-corrected chi connectivity index (χ2v) is 8.24. The topological polar surface area (TPSA) is 76.6 Å². The van der Waals surface area contributed by atoms with E-state index in [1.54, 1.807) is 13.0 Å². The summed E-state index contributed by atoms with van der Waals surface area (Å²) in [6, 6.07) is 13.7. The van der Waals surface area contributed by atoms with Gasteiger partial charge in [0.15, 0.2) is 0 Å². The Morgan fingerprint density at radius 1 is 1.24 bits per heavy atom. The van der Waals surface area contributed by atoms with Crippen LogP contribution in [0.15, 0.2) is 54.7 Å². The molecule has 1 fully saturated rings. The van der Waals surface area contributed by atoms with Crippen LogP contribution >= 0.6 is 11.6 Å². The van der Waals surface area contributed by atoms with Crippen molar-refractivity contribution in [2.24, 2.45) is 0 Å². The van der Waals surface area contributed by atoms with Crippen molar-refractivity contribution in [1.82, 2.24) is 9.97 Å². The first kappa shape index (κ1) is 23.7. The van der Waals surface area contributed by atoms with Crippen molar-refractivity contribution in [2.45, 2.75) is 13.8 Å². The van der Waals surface area contributed by atoms with Gasteiger partial charge >= 0.3 is 5.97 Å². The van der Waals surface area contributed by atoms with Gasteiger partial charge in [0.1, 0.15) is 5.82 Å². The van der Waals surface area contributed by atoms with Crippen molar-refractivity contribution in [1.29, 1.82) is 0 Å². The van der Waals surface area contributed by atoms with E-state index in [0.29, 0.717) is 30.8 Å². The molecule has 0 bridgehead atoms. The zero-order valence-electron chi connectivity index (χ0n) is 19.3. The molecule has 0 spiro atoms. The maximum atomic E-state index is 11.7. The standard InChI is InChI=1S/C26H27ClN4O3/c1-3-34-24(32)10-8-19-5-4-6-20(15-19)22-17-28-26(29-21-9-7-18(2)23(27)16-21)30-25(22)31-11-13-33-14-12-31/h4-10,15-17H,3,11-14H2,1-2H3,(H,28,29,30). The molecule has 1 saturated heterocycles. The zero-order valence-corrected chi connectivity index (χ0v) is 20.0. The van der Waals surface area contributed by atoms with Crippen LogP contribution in [0.4, 0.5) is 17.5 Å². The molecule has 1 N–H and O–H groups in total. The summed E-state index contributed by atoms with van der Waals surface area (Å²) in [5.74, 6) is 0.950. The van der Waals surface area contributed by atoms with Gasteiger partial charge in [-0.2, -0.15) is 4.98 Å². The van der Waals surface area contributed by atoms with Crippen molar-refractivity contribution in [3.8, 4) is 11.1 Å². The van der Waals surface area contributed by atoms with Gasteiger partial charge in [0.25, 0.3) is 0 Å². The summed E-state index contributed by atoms with van der Waals surface area (Å²) in [5, 5.41) is 3.94. The molecule has 1 aliphatic rings. The predicted octanol–water partition coefficient (Wildman–Crippen LogP) is 5.26. The Kier molecular flexibility index (Phi) is 7.77. The number of benzene rings is 2. The zero-order chi connectivity index (χ0) is 23.9. The van der Waals surface area contributed by atoms with E-state index in [2.05, 4.69) is 15.2 Å². The van der Waals surface area contributed by atoms with E-state index in [1.807, 2.05) is 55.6 Å². The number of nitrogens with one attached hydrogen (secondary N) is 1. The van der Waals surface area contributed by atoms with Crippen molar-refractivity contribution >= 4 is 41.1 Å². The summed E-state index contributed by atoms with van der Waals surface area (Å²) in [6.45, 7) is 6.85. The quantitative estimate of drug-likeness (QED) is 0.366. The van der Waals surface area contributed by atoms with E-state index in [4.69, 9.17) is 26.1 Å². The van der Waals surface area contributed by atoms with E-state index in [0.717, 1.165) is 46.8 Å². The van der Waals surface area contributed by atoms with Gasteiger partial charge in [-0.3, -0.25) is 0 Å². The third-order valence-corrected chi connectivity index (χ3v) is 5.81. The van der Waals surface area contributed by atoms with Crippen LogP contribution in [0.2, 0.25) is 5.02 Å². The fraction of sp³-hybridized carbons (Fsp3) is 0.269. The maximum absolute atomic E-state index is 11.7. The lowest BCUT2D eigenvalue weighted by Gasteiger charge is -2.29. The van der Waals surface area contributed by atoms with Crippen LogP contribution in [0, 0.1) is 6.92 Å². The van der Waals surface area contributed by atoms with Gasteiger partial charge in [-0.15, -0.1) is 0 Å². The largest absolute Gasteiger partial charge is 0.463 e. The molecule has 7 nitrogen and oxygen atoms in total. The SMILES string of the molecule is CCOC(=O)C=Cc1cccc(-c2cnc(Nc3ccc(C)c(Cl)c3)nc2N2CCOCC2)c1. The van der Waals surface area contributed by atoms with E-state index >= 15 is 0 Å². The second kappa shape index (κ2) is 11.1. The number of rotatable bonds is 7. The summed E-state index contributed by atoms with van der Waals surface area (Å²) in [6.07, 6.45) is 5.00. The van der Waals surface area contributed by atoms with Crippen molar-refractivity contribution in [3.05, 3.63) is 70.9 Å². The molecule has 1 aromatic heterocycles. The molecule has 4 rings (SSSR count). The lowest BCUT2D eigenvalue weighted by Crippen LogP contribution is -2.37. The average Bonchev–Trinajstić information content (AvgIpc) is 2.86. The predicted molar refractivity (Wildman–Crippen MR) is 136 cm³/mol. The van der Waals surface area contributed by atoms with Crippen molar-refractivity contribution < 1.29 is 14.3 Å².